The van der Waals surface area contributed by atoms with Crippen molar-refractivity contribution >= 4 is 5.78 Å². The van der Waals surface area contributed by atoms with Crippen molar-refractivity contribution in [2.45, 2.75) is 33.2 Å². The first kappa shape index (κ1) is 13.7. The van der Waals surface area contributed by atoms with Crippen LogP contribution in [0.2, 0.25) is 0 Å². The number of rotatable bonds is 5. The van der Waals surface area contributed by atoms with E-state index in [2.05, 4.69) is 36.2 Å². The van der Waals surface area contributed by atoms with Crippen LogP contribution in [0.1, 0.15) is 26.3 Å². The van der Waals surface area contributed by atoms with Crippen LogP contribution in [0.5, 0.6) is 0 Å². The summed E-state index contributed by atoms with van der Waals surface area (Å²) in [5, 5.41) is 3.40. The molecule has 1 N–H and O–H groups in total. The zero-order valence-corrected chi connectivity index (χ0v) is 11.9. The Kier molecular flexibility index (Phi) is 4.25. The van der Waals surface area contributed by atoms with E-state index >= 15 is 0 Å². The van der Waals surface area contributed by atoms with Crippen molar-refractivity contribution in [2.24, 2.45) is 0 Å². The number of carbonyl (C=O) groups excluding carboxylic acids is 1. The number of nitrogens with one attached hydrogen (secondary N) is 1. The molecule has 0 amide bonds. The fourth-order valence-electron chi connectivity index (χ4n) is 2.58. The Bertz CT molecular complexity index is 475. The molecule has 1 unspecified atom stereocenters. The zero-order chi connectivity index (χ0) is 13.8. The quantitative estimate of drug-likeness (QED) is 0.880. The third-order valence-corrected chi connectivity index (χ3v) is 3.71. The second-order valence-electron chi connectivity index (χ2n) is 4.90. The summed E-state index contributed by atoms with van der Waals surface area (Å²) in [4.78, 5) is 14.5. The summed E-state index contributed by atoms with van der Waals surface area (Å²) in [6, 6.07) is 10.1. The highest BCUT2D eigenvalue weighted by molar-refractivity contribution is 6.02. The molecule has 0 saturated heterocycles. The second kappa shape index (κ2) is 5.91. The molecule has 0 aliphatic carbocycles. The molecule has 2 rings (SSSR count). The second-order valence-corrected chi connectivity index (χ2v) is 4.90. The molecule has 0 fully saturated rings. The fraction of sp³-hybridized carbons (Fsp3) is 0.438. The Hall–Kier alpha value is -1.77. The Balaban J connectivity index is 2.11. The van der Waals surface area contributed by atoms with Gasteiger partial charge in [-0.1, -0.05) is 30.3 Å². The van der Waals surface area contributed by atoms with E-state index in [1.165, 1.54) is 5.56 Å². The van der Waals surface area contributed by atoms with Gasteiger partial charge in [0.15, 0.2) is 5.78 Å². The lowest BCUT2D eigenvalue weighted by molar-refractivity contribution is -0.116. The van der Waals surface area contributed by atoms with Crippen LogP contribution in [0.15, 0.2) is 41.7 Å². The molecule has 1 aromatic rings. The van der Waals surface area contributed by atoms with Gasteiger partial charge in [-0.3, -0.25) is 4.79 Å². The van der Waals surface area contributed by atoms with Gasteiger partial charge in [-0.15, -0.1) is 0 Å². The minimum Gasteiger partial charge on any atom is -0.361 e. The number of ketones is 1. The Morgan fingerprint density at radius 1 is 1.16 bits per heavy atom. The topological polar surface area (TPSA) is 32.3 Å². The number of hydrogen-bond donors (Lipinski definition) is 1. The SMILES string of the molecule is CCN(CC)C1=C(C)C(=O)C(Cc2ccccc2)N1. The third kappa shape index (κ3) is 2.80. The van der Waals surface area contributed by atoms with E-state index in [-0.39, 0.29) is 11.8 Å². The third-order valence-electron chi connectivity index (χ3n) is 3.71. The van der Waals surface area contributed by atoms with E-state index in [9.17, 15) is 4.79 Å². The van der Waals surface area contributed by atoms with E-state index in [1.807, 2.05) is 25.1 Å². The predicted molar refractivity (Wildman–Crippen MR) is 77.7 cm³/mol. The van der Waals surface area contributed by atoms with Crippen molar-refractivity contribution in [1.82, 2.24) is 10.2 Å². The lowest BCUT2D eigenvalue weighted by atomic mass is 10.0. The van der Waals surface area contributed by atoms with Crippen molar-refractivity contribution < 1.29 is 4.79 Å². The number of hydrogen-bond acceptors (Lipinski definition) is 3. The van der Waals surface area contributed by atoms with Crippen molar-refractivity contribution in [2.75, 3.05) is 13.1 Å². The van der Waals surface area contributed by atoms with Crippen molar-refractivity contribution in [3.8, 4) is 0 Å². The van der Waals surface area contributed by atoms with Crippen LogP contribution in [-0.2, 0) is 11.2 Å². The Morgan fingerprint density at radius 2 is 1.79 bits per heavy atom. The first-order valence-corrected chi connectivity index (χ1v) is 6.97. The molecular formula is C16H22N2O. The molecule has 0 bridgehead atoms. The molecule has 3 nitrogen and oxygen atoms in total. The van der Waals surface area contributed by atoms with E-state index in [4.69, 9.17) is 0 Å². The van der Waals surface area contributed by atoms with Crippen LogP contribution in [0.4, 0.5) is 0 Å². The van der Waals surface area contributed by atoms with Gasteiger partial charge >= 0.3 is 0 Å². The van der Waals surface area contributed by atoms with Crippen LogP contribution >= 0.6 is 0 Å². The summed E-state index contributed by atoms with van der Waals surface area (Å²) in [6.45, 7) is 7.98. The first-order valence-electron chi connectivity index (χ1n) is 6.97. The molecule has 1 atom stereocenters. The first-order chi connectivity index (χ1) is 9.17. The largest absolute Gasteiger partial charge is 0.361 e. The van der Waals surface area contributed by atoms with E-state index in [0.717, 1.165) is 30.9 Å². The van der Waals surface area contributed by atoms with Gasteiger partial charge in [0.05, 0.1) is 6.04 Å². The molecule has 19 heavy (non-hydrogen) atoms. The maximum atomic E-state index is 12.3. The molecule has 1 aliphatic rings. The molecule has 1 heterocycles. The highest BCUT2D eigenvalue weighted by Crippen LogP contribution is 2.20. The van der Waals surface area contributed by atoms with E-state index < -0.39 is 0 Å². The van der Waals surface area contributed by atoms with Crippen LogP contribution in [0, 0.1) is 0 Å². The molecule has 0 spiro atoms. The maximum Gasteiger partial charge on any atom is 0.184 e. The standard InChI is InChI=1S/C16H22N2O/c1-4-18(5-2)16-12(3)15(19)14(17-16)11-13-9-7-6-8-10-13/h6-10,14,17H,4-5,11H2,1-3H3. The molecule has 1 aliphatic heterocycles. The molecule has 0 radical (unpaired) electrons. The molecule has 3 heteroatoms. The monoisotopic (exact) mass is 258 g/mol. The highest BCUT2D eigenvalue weighted by Gasteiger charge is 2.31. The summed E-state index contributed by atoms with van der Waals surface area (Å²) >= 11 is 0. The maximum absolute atomic E-state index is 12.3. The average molecular weight is 258 g/mol. The summed E-state index contributed by atoms with van der Waals surface area (Å²) in [5.74, 6) is 1.24. The number of carbonyl (C=O) groups is 1. The summed E-state index contributed by atoms with van der Waals surface area (Å²) in [6.07, 6.45) is 0.752. The van der Waals surface area contributed by atoms with Crippen molar-refractivity contribution in [3.63, 3.8) is 0 Å². The van der Waals surface area contributed by atoms with Gasteiger partial charge in [-0.2, -0.15) is 0 Å². The van der Waals surface area contributed by atoms with Crippen molar-refractivity contribution in [3.05, 3.63) is 47.3 Å². The Labute approximate surface area is 115 Å². The lowest BCUT2D eigenvalue weighted by Crippen LogP contribution is -2.36. The van der Waals surface area contributed by atoms with Gasteiger partial charge < -0.3 is 10.2 Å². The van der Waals surface area contributed by atoms with Crippen LogP contribution < -0.4 is 5.32 Å². The van der Waals surface area contributed by atoms with E-state index in [1.54, 1.807) is 0 Å². The van der Waals surface area contributed by atoms with Gasteiger partial charge in [-0.05, 0) is 26.3 Å². The number of nitrogens with zero attached hydrogens (tertiary/aromatic N) is 1. The number of Topliss-reactive ketones (excluding diaryl/α,β-unsaturated/α-hetero) is 1. The van der Waals surface area contributed by atoms with Gasteiger partial charge in [0.1, 0.15) is 5.82 Å². The zero-order valence-electron chi connectivity index (χ0n) is 11.9. The highest BCUT2D eigenvalue weighted by atomic mass is 16.1. The summed E-state index contributed by atoms with van der Waals surface area (Å²) < 4.78 is 0. The normalized spacial score (nSPS) is 18.7. The molecule has 1 aromatic carbocycles. The summed E-state index contributed by atoms with van der Waals surface area (Å²) in [7, 11) is 0. The predicted octanol–water partition coefficient (Wildman–Crippen LogP) is 2.34. The summed E-state index contributed by atoms with van der Waals surface area (Å²) in [5.41, 5.74) is 2.06. The van der Waals surface area contributed by atoms with Crippen LogP contribution in [0.25, 0.3) is 0 Å². The Morgan fingerprint density at radius 3 is 2.37 bits per heavy atom. The van der Waals surface area contributed by atoms with E-state index in [0.29, 0.717) is 0 Å². The minimum absolute atomic E-state index is 0.113. The lowest BCUT2D eigenvalue weighted by Gasteiger charge is -2.24. The van der Waals surface area contributed by atoms with Crippen molar-refractivity contribution in [1.29, 1.82) is 0 Å². The van der Waals surface area contributed by atoms with Gasteiger partial charge in [0, 0.05) is 25.1 Å². The molecule has 0 aromatic heterocycles. The molecule has 102 valence electrons. The van der Waals surface area contributed by atoms with Crippen LogP contribution in [0.3, 0.4) is 0 Å². The molecule has 0 saturated carbocycles. The fourth-order valence-corrected chi connectivity index (χ4v) is 2.58. The van der Waals surface area contributed by atoms with Gasteiger partial charge in [-0.25, -0.2) is 0 Å². The van der Waals surface area contributed by atoms with Crippen LogP contribution in [-0.4, -0.2) is 29.8 Å². The average Bonchev–Trinajstić information content (AvgIpc) is 2.70. The molecular weight excluding hydrogens is 236 g/mol. The van der Waals surface area contributed by atoms with Gasteiger partial charge in [0.2, 0.25) is 0 Å². The number of benzene rings is 1. The minimum atomic E-state index is -0.113. The van der Waals surface area contributed by atoms with Gasteiger partial charge in [0.25, 0.3) is 0 Å². The smallest absolute Gasteiger partial charge is 0.184 e.